The summed E-state index contributed by atoms with van der Waals surface area (Å²) in [5.41, 5.74) is 1.58. The quantitative estimate of drug-likeness (QED) is 0.631. The van der Waals surface area contributed by atoms with Gasteiger partial charge in [-0.05, 0) is 60.9 Å². The number of carbonyl (C=O) groups excluding carboxylic acids is 1. The van der Waals surface area contributed by atoms with Crippen molar-refractivity contribution < 1.29 is 23.1 Å². The first kappa shape index (κ1) is 22.7. The first-order valence-electron chi connectivity index (χ1n) is 10.2. The fourth-order valence-corrected chi connectivity index (χ4v) is 5.05. The van der Waals surface area contributed by atoms with Gasteiger partial charge in [0.15, 0.2) is 0 Å². The van der Waals surface area contributed by atoms with Crippen molar-refractivity contribution in [2.75, 3.05) is 12.4 Å². The highest BCUT2D eigenvalue weighted by Crippen LogP contribution is 2.26. The van der Waals surface area contributed by atoms with Gasteiger partial charge in [0.2, 0.25) is 10.0 Å². The van der Waals surface area contributed by atoms with Crippen LogP contribution in [0.3, 0.4) is 0 Å². The molecule has 0 bridgehead atoms. The average Bonchev–Trinajstić information content (AvgIpc) is 2.78. The molecule has 31 heavy (non-hydrogen) atoms. The molecular formula is C23H26N2O5S. The Balaban J connectivity index is 1.66. The van der Waals surface area contributed by atoms with Gasteiger partial charge in [0.1, 0.15) is 0 Å². The van der Waals surface area contributed by atoms with E-state index in [1.807, 2.05) is 0 Å². The van der Waals surface area contributed by atoms with Crippen LogP contribution in [0.15, 0.2) is 59.5 Å². The van der Waals surface area contributed by atoms with Crippen molar-refractivity contribution in [2.24, 2.45) is 0 Å². The largest absolute Gasteiger partial charge is 0.478 e. The molecule has 1 saturated carbocycles. The number of hydrogen-bond donors (Lipinski definition) is 2. The van der Waals surface area contributed by atoms with Crippen molar-refractivity contribution in [3.8, 4) is 0 Å². The second kappa shape index (κ2) is 9.89. The number of nitrogens with one attached hydrogen (secondary N) is 1. The number of carboxylic acids is 1. The van der Waals surface area contributed by atoms with Crippen LogP contribution in [0.25, 0.3) is 6.08 Å². The molecule has 7 nitrogen and oxygen atoms in total. The minimum Gasteiger partial charge on any atom is -0.478 e. The first-order chi connectivity index (χ1) is 14.8. The lowest BCUT2D eigenvalue weighted by Gasteiger charge is -2.30. The van der Waals surface area contributed by atoms with E-state index in [0.717, 1.165) is 38.2 Å². The fraction of sp³-hybridized carbons (Fsp3) is 0.304. The van der Waals surface area contributed by atoms with Crippen LogP contribution in [0.5, 0.6) is 0 Å². The molecule has 0 spiro atoms. The Morgan fingerprint density at radius 3 is 2.19 bits per heavy atom. The maximum Gasteiger partial charge on any atom is 0.328 e. The summed E-state index contributed by atoms with van der Waals surface area (Å²) in [7, 11) is -1.98. The van der Waals surface area contributed by atoms with Crippen LogP contribution in [0, 0.1) is 0 Å². The molecule has 2 aromatic rings. The number of benzene rings is 2. The van der Waals surface area contributed by atoms with Crippen molar-refractivity contribution >= 4 is 33.7 Å². The Bertz CT molecular complexity index is 1050. The third-order valence-electron chi connectivity index (χ3n) is 5.47. The lowest BCUT2D eigenvalue weighted by Crippen LogP contribution is -2.38. The highest BCUT2D eigenvalue weighted by Gasteiger charge is 2.29. The highest BCUT2D eigenvalue weighted by molar-refractivity contribution is 7.89. The van der Waals surface area contributed by atoms with Crippen LogP contribution in [-0.2, 0) is 14.8 Å². The average molecular weight is 443 g/mol. The maximum atomic E-state index is 12.9. The number of carboxylic acid groups (broad SMARTS) is 1. The van der Waals surface area contributed by atoms with Crippen molar-refractivity contribution in [2.45, 2.75) is 43.0 Å². The van der Waals surface area contributed by atoms with E-state index >= 15 is 0 Å². The number of nitrogens with zero attached hydrogens (tertiary/aromatic N) is 1. The van der Waals surface area contributed by atoms with Crippen molar-refractivity contribution in [3.63, 3.8) is 0 Å². The summed E-state index contributed by atoms with van der Waals surface area (Å²) in [5, 5.41) is 11.4. The Kier molecular flexibility index (Phi) is 7.25. The Morgan fingerprint density at radius 1 is 1.00 bits per heavy atom. The summed E-state index contributed by atoms with van der Waals surface area (Å²) in [5.74, 6) is -1.40. The zero-order valence-electron chi connectivity index (χ0n) is 17.3. The minimum atomic E-state index is -3.60. The second-order valence-corrected chi connectivity index (χ2v) is 9.58. The Labute approximate surface area is 182 Å². The van der Waals surface area contributed by atoms with Gasteiger partial charge in [-0.25, -0.2) is 13.2 Å². The van der Waals surface area contributed by atoms with E-state index in [1.54, 1.807) is 31.3 Å². The van der Waals surface area contributed by atoms with Crippen LogP contribution in [0.1, 0.15) is 48.0 Å². The van der Waals surface area contributed by atoms with Crippen LogP contribution in [-0.4, -0.2) is 42.8 Å². The van der Waals surface area contributed by atoms with Gasteiger partial charge < -0.3 is 10.4 Å². The van der Waals surface area contributed by atoms with E-state index in [0.29, 0.717) is 16.8 Å². The molecule has 2 aromatic carbocycles. The number of carbonyl (C=O) groups is 2. The molecule has 8 heteroatoms. The van der Waals surface area contributed by atoms with Crippen LogP contribution < -0.4 is 5.32 Å². The molecule has 0 radical (unpaired) electrons. The number of aliphatic carboxylic acids is 1. The van der Waals surface area contributed by atoms with Crippen molar-refractivity contribution in [3.05, 3.63) is 65.7 Å². The third-order valence-corrected chi connectivity index (χ3v) is 7.39. The van der Waals surface area contributed by atoms with Gasteiger partial charge in [0, 0.05) is 30.4 Å². The standard InChI is InChI=1S/C23H26N2O5S/c1-25(20-5-3-2-4-6-20)31(29,30)21-14-10-18(11-15-21)23(28)24-19-12-7-17(8-13-19)9-16-22(26)27/h7-16,20H,2-6H2,1H3,(H,24,28)(H,26,27)/b16-9+. The summed E-state index contributed by atoms with van der Waals surface area (Å²) in [6, 6.07) is 12.6. The normalized spacial score (nSPS) is 15.3. The highest BCUT2D eigenvalue weighted by atomic mass is 32.2. The molecule has 0 heterocycles. The van der Waals surface area contributed by atoms with E-state index in [-0.39, 0.29) is 16.8 Å². The number of rotatable bonds is 7. The van der Waals surface area contributed by atoms with Crippen LogP contribution >= 0.6 is 0 Å². The molecule has 2 N–H and O–H groups in total. The van der Waals surface area contributed by atoms with Gasteiger partial charge in [-0.1, -0.05) is 31.4 Å². The zero-order chi connectivity index (χ0) is 22.4. The summed E-state index contributed by atoms with van der Waals surface area (Å²) < 4.78 is 27.3. The molecule has 1 fully saturated rings. The number of amides is 1. The monoisotopic (exact) mass is 442 g/mol. The second-order valence-electron chi connectivity index (χ2n) is 7.59. The summed E-state index contributed by atoms with van der Waals surface area (Å²) in [6.45, 7) is 0. The molecule has 0 aromatic heterocycles. The van der Waals surface area contributed by atoms with E-state index < -0.39 is 16.0 Å². The van der Waals surface area contributed by atoms with Gasteiger partial charge in [-0.2, -0.15) is 4.31 Å². The molecule has 1 aliphatic carbocycles. The predicted octanol–water partition coefficient (Wildman–Crippen LogP) is 3.99. The summed E-state index contributed by atoms with van der Waals surface area (Å²) in [6.07, 6.45) is 7.48. The van der Waals surface area contributed by atoms with Crippen LogP contribution in [0.4, 0.5) is 5.69 Å². The van der Waals surface area contributed by atoms with Gasteiger partial charge in [0.25, 0.3) is 5.91 Å². The molecule has 0 unspecified atom stereocenters. The van der Waals surface area contributed by atoms with Crippen molar-refractivity contribution in [1.82, 2.24) is 4.31 Å². The summed E-state index contributed by atoms with van der Waals surface area (Å²) >= 11 is 0. The fourth-order valence-electron chi connectivity index (χ4n) is 3.63. The number of sulfonamides is 1. The van der Waals surface area contributed by atoms with Gasteiger partial charge in [-0.15, -0.1) is 0 Å². The SMILES string of the molecule is CN(C1CCCCC1)S(=O)(=O)c1ccc(C(=O)Nc2ccc(/C=C/C(=O)O)cc2)cc1. The first-order valence-corrected chi connectivity index (χ1v) is 11.6. The lowest BCUT2D eigenvalue weighted by atomic mass is 9.96. The van der Waals surface area contributed by atoms with Gasteiger partial charge in [-0.3, -0.25) is 4.79 Å². The molecule has 1 amide bonds. The Morgan fingerprint density at radius 2 is 1.61 bits per heavy atom. The van der Waals surface area contributed by atoms with E-state index in [1.165, 1.54) is 34.6 Å². The molecule has 0 saturated heterocycles. The molecule has 164 valence electrons. The third kappa shape index (κ3) is 5.80. The van der Waals surface area contributed by atoms with E-state index in [9.17, 15) is 18.0 Å². The summed E-state index contributed by atoms with van der Waals surface area (Å²) in [4.78, 5) is 23.2. The molecule has 3 rings (SSSR count). The van der Waals surface area contributed by atoms with Crippen molar-refractivity contribution in [1.29, 1.82) is 0 Å². The molecule has 0 atom stereocenters. The number of hydrogen-bond acceptors (Lipinski definition) is 4. The van der Waals surface area contributed by atoms with Gasteiger partial charge >= 0.3 is 5.97 Å². The van der Waals surface area contributed by atoms with E-state index in [2.05, 4.69) is 5.32 Å². The molecule has 0 aliphatic heterocycles. The number of anilines is 1. The predicted molar refractivity (Wildman–Crippen MR) is 119 cm³/mol. The van der Waals surface area contributed by atoms with Crippen LogP contribution in [0.2, 0.25) is 0 Å². The molecular weight excluding hydrogens is 416 g/mol. The molecule has 1 aliphatic rings. The minimum absolute atomic E-state index is 0.0232. The Hall–Kier alpha value is -2.97. The lowest BCUT2D eigenvalue weighted by molar-refractivity contribution is -0.131. The topological polar surface area (TPSA) is 104 Å². The van der Waals surface area contributed by atoms with E-state index in [4.69, 9.17) is 5.11 Å². The smallest absolute Gasteiger partial charge is 0.328 e. The maximum absolute atomic E-state index is 12.9. The zero-order valence-corrected chi connectivity index (χ0v) is 18.1. The van der Waals surface area contributed by atoms with Gasteiger partial charge in [0.05, 0.1) is 4.90 Å².